The van der Waals surface area contributed by atoms with Gasteiger partial charge in [-0.25, -0.2) is 18.4 Å². The zero-order chi connectivity index (χ0) is 19.9. The third kappa shape index (κ3) is 3.68. The number of carbonyl (C=O) groups excluding carboxylic acids is 1. The Bertz CT molecular complexity index is 992. The highest BCUT2D eigenvalue weighted by Gasteiger charge is 2.29. The fourth-order valence-electron chi connectivity index (χ4n) is 4.42. The van der Waals surface area contributed by atoms with Crippen LogP contribution in [0.25, 0.3) is 10.9 Å². The number of amides is 1. The van der Waals surface area contributed by atoms with Crippen molar-refractivity contribution in [1.82, 2.24) is 9.47 Å². The van der Waals surface area contributed by atoms with E-state index >= 15 is 0 Å². The molecule has 1 aliphatic heterocycles. The fraction of sp³-hybridized carbons (Fsp3) is 0.550. The first kappa shape index (κ1) is 19.4. The molecule has 7 nitrogen and oxygen atoms in total. The van der Waals surface area contributed by atoms with Crippen molar-refractivity contribution in [3.05, 3.63) is 30.0 Å². The standard InChI is InChI=1S/C20H27N3O4S/c1-14-13-22(9-10-27-14)20(24)23-18(15-5-3-2-4-6-15)11-16-7-8-17(12-19(16)23)28(21,25)26/h7-8,11-12,14-15H,2-6,9-10,13H2,1H3,(H2,21,25,26). The van der Waals surface area contributed by atoms with E-state index in [1.807, 2.05) is 13.0 Å². The molecule has 1 atom stereocenters. The number of hydrogen-bond donors (Lipinski definition) is 1. The number of nitrogens with two attached hydrogens (primary N) is 1. The number of rotatable bonds is 2. The maximum Gasteiger partial charge on any atom is 0.329 e. The van der Waals surface area contributed by atoms with Gasteiger partial charge in [0.05, 0.1) is 23.1 Å². The smallest absolute Gasteiger partial charge is 0.329 e. The van der Waals surface area contributed by atoms with Gasteiger partial charge in [0.25, 0.3) is 0 Å². The van der Waals surface area contributed by atoms with E-state index < -0.39 is 10.0 Å². The van der Waals surface area contributed by atoms with Crippen molar-refractivity contribution in [2.45, 2.75) is 55.9 Å². The zero-order valence-electron chi connectivity index (χ0n) is 16.1. The van der Waals surface area contributed by atoms with Crippen molar-refractivity contribution < 1.29 is 17.9 Å². The van der Waals surface area contributed by atoms with E-state index in [9.17, 15) is 13.2 Å². The van der Waals surface area contributed by atoms with Crippen LogP contribution in [0.2, 0.25) is 0 Å². The van der Waals surface area contributed by atoms with E-state index in [0.717, 1.165) is 36.8 Å². The molecular weight excluding hydrogens is 378 g/mol. The van der Waals surface area contributed by atoms with Crippen molar-refractivity contribution in [3.63, 3.8) is 0 Å². The number of ether oxygens (including phenoxy) is 1. The van der Waals surface area contributed by atoms with Gasteiger partial charge in [0, 0.05) is 24.2 Å². The number of nitrogens with zero attached hydrogens (tertiary/aromatic N) is 2. The number of morpholine rings is 1. The average molecular weight is 406 g/mol. The number of sulfonamides is 1. The van der Waals surface area contributed by atoms with Crippen LogP contribution in [-0.2, 0) is 14.8 Å². The Morgan fingerprint density at radius 2 is 1.93 bits per heavy atom. The Hall–Kier alpha value is -1.90. The van der Waals surface area contributed by atoms with Gasteiger partial charge < -0.3 is 9.64 Å². The lowest BCUT2D eigenvalue weighted by Crippen LogP contribution is -2.46. The molecule has 2 N–H and O–H groups in total. The number of primary sulfonamides is 1. The Morgan fingerprint density at radius 3 is 2.61 bits per heavy atom. The largest absolute Gasteiger partial charge is 0.375 e. The van der Waals surface area contributed by atoms with Crippen LogP contribution in [-0.4, -0.2) is 49.7 Å². The molecule has 1 aromatic carbocycles. The summed E-state index contributed by atoms with van der Waals surface area (Å²) < 4.78 is 31.0. The molecule has 2 heterocycles. The SMILES string of the molecule is CC1CN(C(=O)n2c(C3CCCCC3)cc3ccc(S(N)(=O)=O)cc32)CCO1. The Morgan fingerprint density at radius 1 is 1.18 bits per heavy atom. The summed E-state index contributed by atoms with van der Waals surface area (Å²) >= 11 is 0. The molecule has 2 fully saturated rings. The third-order valence-electron chi connectivity index (χ3n) is 5.86. The van der Waals surface area contributed by atoms with E-state index in [1.165, 1.54) is 18.6 Å². The molecule has 1 amide bonds. The first-order valence-electron chi connectivity index (χ1n) is 9.93. The van der Waals surface area contributed by atoms with Crippen molar-refractivity contribution >= 4 is 27.0 Å². The molecule has 0 spiro atoms. The summed E-state index contributed by atoms with van der Waals surface area (Å²) in [5, 5.41) is 6.20. The third-order valence-corrected chi connectivity index (χ3v) is 6.77. The van der Waals surface area contributed by atoms with Gasteiger partial charge in [0.2, 0.25) is 10.0 Å². The van der Waals surface area contributed by atoms with Gasteiger partial charge in [-0.15, -0.1) is 0 Å². The monoisotopic (exact) mass is 405 g/mol. The second-order valence-corrected chi connectivity index (χ2v) is 9.48. The number of benzene rings is 1. The van der Waals surface area contributed by atoms with Crippen LogP contribution >= 0.6 is 0 Å². The van der Waals surface area contributed by atoms with E-state index in [4.69, 9.17) is 9.88 Å². The molecule has 152 valence electrons. The lowest BCUT2D eigenvalue weighted by molar-refractivity contribution is -0.00325. The molecule has 28 heavy (non-hydrogen) atoms. The average Bonchev–Trinajstić information content (AvgIpc) is 3.06. The maximum absolute atomic E-state index is 13.5. The minimum Gasteiger partial charge on any atom is -0.375 e. The van der Waals surface area contributed by atoms with Crippen LogP contribution < -0.4 is 5.14 Å². The predicted molar refractivity (Wildman–Crippen MR) is 107 cm³/mol. The molecule has 1 aliphatic carbocycles. The fourth-order valence-corrected chi connectivity index (χ4v) is 4.96. The first-order valence-corrected chi connectivity index (χ1v) is 11.5. The van der Waals surface area contributed by atoms with Crippen molar-refractivity contribution in [2.24, 2.45) is 5.14 Å². The second kappa shape index (κ2) is 7.50. The summed E-state index contributed by atoms with van der Waals surface area (Å²) in [7, 11) is -3.84. The predicted octanol–water partition coefficient (Wildman–Crippen LogP) is 3.03. The summed E-state index contributed by atoms with van der Waals surface area (Å²) in [6.07, 6.45) is 5.60. The lowest BCUT2D eigenvalue weighted by atomic mass is 9.87. The zero-order valence-corrected chi connectivity index (χ0v) is 17.0. The van der Waals surface area contributed by atoms with Crippen LogP contribution in [0.3, 0.4) is 0 Å². The number of carbonyl (C=O) groups is 1. The van der Waals surface area contributed by atoms with Gasteiger partial charge in [-0.1, -0.05) is 25.3 Å². The second-order valence-electron chi connectivity index (χ2n) is 7.92. The van der Waals surface area contributed by atoms with Gasteiger partial charge in [0.15, 0.2) is 0 Å². The van der Waals surface area contributed by atoms with Crippen LogP contribution in [0, 0.1) is 0 Å². The van der Waals surface area contributed by atoms with Crippen LogP contribution in [0.5, 0.6) is 0 Å². The Labute approximate surface area is 165 Å². The summed E-state index contributed by atoms with van der Waals surface area (Å²) in [5.74, 6) is 0.307. The lowest BCUT2D eigenvalue weighted by Gasteiger charge is -2.32. The van der Waals surface area contributed by atoms with E-state index in [1.54, 1.807) is 15.5 Å². The molecule has 0 bridgehead atoms. The van der Waals surface area contributed by atoms with Gasteiger partial charge in [-0.05, 0) is 43.9 Å². The highest BCUT2D eigenvalue weighted by atomic mass is 32.2. The molecule has 4 rings (SSSR count). The molecule has 2 aromatic rings. The summed E-state index contributed by atoms with van der Waals surface area (Å²) in [6.45, 7) is 3.51. The van der Waals surface area contributed by atoms with Crippen molar-refractivity contribution in [2.75, 3.05) is 19.7 Å². The number of hydrogen-bond acceptors (Lipinski definition) is 4. The Kier molecular flexibility index (Phi) is 5.20. The van der Waals surface area contributed by atoms with E-state index in [2.05, 4.69) is 0 Å². The molecule has 1 unspecified atom stereocenters. The molecule has 1 aromatic heterocycles. The van der Waals surface area contributed by atoms with Gasteiger partial charge in [-0.3, -0.25) is 4.57 Å². The number of aromatic nitrogens is 1. The van der Waals surface area contributed by atoms with E-state index in [-0.39, 0.29) is 17.0 Å². The molecule has 1 saturated carbocycles. The molecule has 0 radical (unpaired) electrons. The summed E-state index contributed by atoms with van der Waals surface area (Å²) in [5.41, 5.74) is 1.58. The van der Waals surface area contributed by atoms with Crippen molar-refractivity contribution in [3.8, 4) is 0 Å². The topological polar surface area (TPSA) is 94.6 Å². The molecular formula is C20H27N3O4S. The van der Waals surface area contributed by atoms with E-state index in [0.29, 0.717) is 31.1 Å². The first-order chi connectivity index (χ1) is 13.3. The molecule has 1 saturated heterocycles. The van der Waals surface area contributed by atoms with Crippen LogP contribution in [0.1, 0.15) is 50.6 Å². The van der Waals surface area contributed by atoms with Gasteiger partial charge in [0.1, 0.15) is 0 Å². The maximum atomic E-state index is 13.5. The highest BCUT2D eigenvalue weighted by molar-refractivity contribution is 7.89. The molecule has 2 aliphatic rings. The minimum atomic E-state index is -3.84. The molecule has 8 heteroatoms. The Balaban J connectivity index is 1.84. The normalized spacial score (nSPS) is 21.9. The summed E-state index contributed by atoms with van der Waals surface area (Å²) in [4.78, 5) is 15.3. The van der Waals surface area contributed by atoms with Crippen LogP contribution in [0.4, 0.5) is 4.79 Å². The van der Waals surface area contributed by atoms with Gasteiger partial charge >= 0.3 is 6.03 Å². The van der Waals surface area contributed by atoms with Gasteiger partial charge in [-0.2, -0.15) is 0 Å². The minimum absolute atomic E-state index is 0.0161. The van der Waals surface area contributed by atoms with Crippen molar-refractivity contribution in [1.29, 1.82) is 0 Å². The van der Waals surface area contributed by atoms with Crippen LogP contribution in [0.15, 0.2) is 29.2 Å². The quantitative estimate of drug-likeness (QED) is 0.831. The number of fused-ring (bicyclic) bond motifs is 1. The summed E-state index contributed by atoms with van der Waals surface area (Å²) in [6, 6.07) is 6.71. The highest BCUT2D eigenvalue weighted by Crippen LogP contribution is 2.36.